The number of aromatic nitrogens is 2. The maximum Gasteiger partial charge on any atom is 0.255 e. The summed E-state index contributed by atoms with van der Waals surface area (Å²) in [5.74, 6) is 0.683. The van der Waals surface area contributed by atoms with Gasteiger partial charge in [-0.3, -0.25) is 9.48 Å². The molecule has 0 aliphatic heterocycles. The summed E-state index contributed by atoms with van der Waals surface area (Å²) in [7, 11) is 1.85. The first-order chi connectivity index (χ1) is 10.0. The van der Waals surface area contributed by atoms with E-state index in [1.807, 2.05) is 13.2 Å². The zero-order valence-corrected chi connectivity index (χ0v) is 12.1. The van der Waals surface area contributed by atoms with Crippen LogP contribution in [0.3, 0.4) is 0 Å². The van der Waals surface area contributed by atoms with Crippen LogP contribution in [0.1, 0.15) is 40.6 Å². The van der Waals surface area contributed by atoms with Crippen LogP contribution < -0.4 is 5.32 Å². The number of nitrogens with zero attached hydrogens (tertiary/aromatic N) is 2. The highest BCUT2D eigenvalue weighted by Gasteiger charge is 2.36. The van der Waals surface area contributed by atoms with Gasteiger partial charge < -0.3 is 14.8 Å². The van der Waals surface area contributed by atoms with E-state index >= 15 is 0 Å². The van der Waals surface area contributed by atoms with Crippen molar-refractivity contribution < 1.29 is 14.3 Å². The lowest BCUT2D eigenvalue weighted by atomic mass is 9.75. The summed E-state index contributed by atoms with van der Waals surface area (Å²) < 4.78 is 6.89. The third-order valence-corrected chi connectivity index (χ3v) is 4.10. The number of aliphatic hydroxyl groups excluding tert-OH is 1. The zero-order chi connectivity index (χ0) is 15.0. The van der Waals surface area contributed by atoms with E-state index in [1.165, 1.54) is 6.26 Å². The van der Waals surface area contributed by atoms with Gasteiger partial charge in [0.15, 0.2) is 0 Å². The molecular weight excluding hydrogens is 270 g/mol. The minimum Gasteiger partial charge on any atom is -0.469 e. The molecule has 2 aromatic heterocycles. The van der Waals surface area contributed by atoms with Crippen LogP contribution in [0.2, 0.25) is 0 Å². The quantitative estimate of drug-likeness (QED) is 0.895. The van der Waals surface area contributed by atoms with Gasteiger partial charge in [0, 0.05) is 18.8 Å². The molecule has 1 aliphatic rings. The minimum absolute atomic E-state index is 0.135. The summed E-state index contributed by atoms with van der Waals surface area (Å²) >= 11 is 0. The molecule has 2 N–H and O–H groups in total. The van der Waals surface area contributed by atoms with E-state index in [-0.39, 0.29) is 24.0 Å². The van der Waals surface area contributed by atoms with E-state index in [0.717, 1.165) is 5.56 Å². The number of aryl methyl sites for hydroxylation is 2. The Kier molecular flexibility index (Phi) is 3.55. The molecule has 0 spiro atoms. The topological polar surface area (TPSA) is 80.3 Å². The highest BCUT2D eigenvalue weighted by molar-refractivity contribution is 5.95. The maximum atomic E-state index is 12.4. The molecule has 2 aromatic rings. The first kappa shape index (κ1) is 13.9. The van der Waals surface area contributed by atoms with Gasteiger partial charge in [0.05, 0.1) is 30.2 Å². The molecule has 1 atom stereocenters. The van der Waals surface area contributed by atoms with Crippen LogP contribution in [0.4, 0.5) is 0 Å². The molecule has 112 valence electrons. The molecule has 3 rings (SSSR count). The summed E-state index contributed by atoms with van der Waals surface area (Å²) in [6, 6.07) is 1.53. The number of amides is 1. The average Bonchev–Trinajstić information content (AvgIpc) is 3.01. The van der Waals surface area contributed by atoms with Gasteiger partial charge in [0.1, 0.15) is 5.76 Å². The second-order valence-corrected chi connectivity index (χ2v) is 5.67. The van der Waals surface area contributed by atoms with Crippen LogP contribution >= 0.6 is 0 Å². The molecule has 0 saturated heterocycles. The summed E-state index contributed by atoms with van der Waals surface area (Å²) in [5.41, 5.74) is 1.51. The number of aliphatic hydroxyl groups is 1. The number of carbonyl (C=O) groups excluding carboxylic acids is 1. The summed E-state index contributed by atoms with van der Waals surface area (Å²) in [4.78, 5) is 12.4. The summed E-state index contributed by atoms with van der Waals surface area (Å²) in [6.45, 7) is 1.76. The molecule has 0 unspecified atom stereocenters. The van der Waals surface area contributed by atoms with Gasteiger partial charge in [-0.25, -0.2) is 0 Å². The fraction of sp³-hybridized carbons (Fsp3) is 0.467. The molecular formula is C15H19N3O3. The third kappa shape index (κ3) is 2.71. The highest BCUT2D eigenvalue weighted by Crippen LogP contribution is 2.38. The Balaban J connectivity index is 1.79. The normalized spacial score (nSPS) is 22.6. The largest absolute Gasteiger partial charge is 0.469 e. The van der Waals surface area contributed by atoms with E-state index in [0.29, 0.717) is 24.2 Å². The van der Waals surface area contributed by atoms with Crippen molar-refractivity contribution in [3.63, 3.8) is 0 Å². The Bertz CT molecular complexity index is 640. The molecule has 2 heterocycles. The highest BCUT2D eigenvalue weighted by atomic mass is 16.3. The Labute approximate surface area is 122 Å². The number of rotatable bonds is 4. The second-order valence-electron chi connectivity index (χ2n) is 5.67. The molecule has 6 nitrogen and oxygen atoms in total. The summed E-state index contributed by atoms with van der Waals surface area (Å²) in [5, 5.41) is 16.8. The van der Waals surface area contributed by atoms with Gasteiger partial charge in [-0.15, -0.1) is 0 Å². The number of hydrogen-bond donors (Lipinski definition) is 2. The average molecular weight is 289 g/mol. The van der Waals surface area contributed by atoms with E-state index < -0.39 is 0 Å². The standard InChI is InChI=1S/C15H19N3O3/c1-9-13(3-4-21-9)15(20)17-14(10-5-12(19)6-10)11-7-16-18(2)8-11/h3-4,7-8,10,12,14,19H,5-6H2,1-2H3,(H,17,20)/t10?,12?,14-/m0/s1. The van der Waals surface area contributed by atoms with Crippen molar-refractivity contribution >= 4 is 5.91 Å². The Morgan fingerprint density at radius 1 is 1.57 bits per heavy atom. The lowest BCUT2D eigenvalue weighted by Gasteiger charge is -2.37. The van der Waals surface area contributed by atoms with E-state index in [4.69, 9.17) is 4.42 Å². The predicted octanol–water partition coefficient (Wildman–Crippen LogP) is 1.56. The fourth-order valence-corrected chi connectivity index (χ4v) is 2.82. The Hall–Kier alpha value is -2.08. The molecule has 0 aromatic carbocycles. The van der Waals surface area contributed by atoms with Crippen molar-refractivity contribution in [1.29, 1.82) is 0 Å². The minimum atomic E-state index is -0.262. The molecule has 21 heavy (non-hydrogen) atoms. The number of nitrogens with one attached hydrogen (secondary N) is 1. The molecule has 1 amide bonds. The van der Waals surface area contributed by atoms with Gasteiger partial charge in [-0.05, 0) is 31.7 Å². The molecule has 0 bridgehead atoms. The Morgan fingerprint density at radius 3 is 2.86 bits per heavy atom. The van der Waals surface area contributed by atoms with Crippen LogP contribution in [0, 0.1) is 12.8 Å². The lowest BCUT2D eigenvalue weighted by molar-refractivity contribution is 0.0235. The first-order valence-corrected chi connectivity index (χ1v) is 7.06. The molecule has 6 heteroatoms. The number of hydrogen-bond acceptors (Lipinski definition) is 4. The van der Waals surface area contributed by atoms with Crippen LogP contribution in [-0.2, 0) is 7.05 Å². The SMILES string of the molecule is Cc1occc1C(=O)N[C@H](c1cnn(C)c1)C1CC(O)C1. The predicted molar refractivity (Wildman–Crippen MR) is 75.6 cm³/mol. The Morgan fingerprint density at radius 2 is 2.33 bits per heavy atom. The van der Waals surface area contributed by atoms with E-state index in [2.05, 4.69) is 10.4 Å². The lowest BCUT2D eigenvalue weighted by Crippen LogP contribution is -2.41. The monoisotopic (exact) mass is 289 g/mol. The maximum absolute atomic E-state index is 12.4. The van der Waals surface area contributed by atoms with Crippen LogP contribution in [0.15, 0.2) is 29.1 Å². The third-order valence-electron chi connectivity index (χ3n) is 4.10. The van der Waals surface area contributed by atoms with Crippen molar-refractivity contribution in [2.24, 2.45) is 13.0 Å². The van der Waals surface area contributed by atoms with Crippen molar-refractivity contribution in [2.45, 2.75) is 31.9 Å². The van der Waals surface area contributed by atoms with Gasteiger partial charge in [0.25, 0.3) is 5.91 Å². The fourth-order valence-electron chi connectivity index (χ4n) is 2.82. The van der Waals surface area contributed by atoms with Crippen molar-refractivity contribution in [1.82, 2.24) is 15.1 Å². The second kappa shape index (κ2) is 5.37. The van der Waals surface area contributed by atoms with Gasteiger partial charge in [0.2, 0.25) is 0 Å². The van der Waals surface area contributed by atoms with Crippen molar-refractivity contribution in [3.05, 3.63) is 41.6 Å². The zero-order valence-electron chi connectivity index (χ0n) is 12.1. The number of furan rings is 1. The van der Waals surface area contributed by atoms with Crippen LogP contribution in [-0.4, -0.2) is 26.9 Å². The van der Waals surface area contributed by atoms with Gasteiger partial charge >= 0.3 is 0 Å². The first-order valence-electron chi connectivity index (χ1n) is 7.06. The summed E-state index contributed by atoms with van der Waals surface area (Å²) in [6.07, 6.45) is 6.31. The van der Waals surface area contributed by atoms with Crippen molar-refractivity contribution in [3.8, 4) is 0 Å². The van der Waals surface area contributed by atoms with Crippen molar-refractivity contribution in [2.75, 3.05) is 0 Å². The van der Waals surface area contributed by atoms with Gasteiger partial charge in [-0.2, -0.15) is 5.10 Å². The molecule has 1 aliphatic carbocycles. The van der Waals surface area contributed by atoms with Crippen LogP contribution in [0.25, 0.3) is 0 Å². The number of carbonyl (C=O) groups is 1. The van der Waals surface area contributed by atoms with Crippen LogP contribution in [0.5, 0.6) is 0 Å². The smallest absolute Gasteiger partial charge is 0.255 e. The van der Waals surface area contributed by atoms with E-state index in [1.54, 1.807) is 23.9 Å². The van der Waals surface area contributed by atoms with Gasteiger partial charge in [-0.1, -0.05) is 0 Å². The molecule has 1 saturated carbocycles. The molecule has 0 radical (unpaired) electrons. The molecule has 1 fully saturated rings. The van der Waals surface area contributed by atoms with E-state index in [9.17, 15) is 9.90 Å².